The maximum Gasteiger partial charge on any atom is 0.320 e. The van der Waals surface area contributed by atoms with Crippen molar-refractivity contribution < 1.29 is 9.90 Å². The molecule has 0 spiro atoms. The second kappa shape index (κ2) is 6.05. The van der Waals surface area contributed by atoms with Gasteiger partial charge in [-0.3, -0.25) is 4.57 Å². The Kier molecular flexibility index (Phi) is 4.56. The third-order valence-electron chi connectivity index (χ3n) is 3.30. The van der Waals surface area contributed by atoms with Crippen LogP contribution in [0.4, 0.5) is 16.4 Å². The fourth-order valence-corrected chi connectivity index (χ4v) is 2.96. The summed E-state index contributed by atoms with van der Waals surface area (Å²) >= 11 is 12.1. The largest absolute Gasteiger partial charge is 0.498 e. The highest BCUT2D eigenvalue weighted by atomic mass is 35.5. The van der Waals surface area contributed by atoms with Crippen molar-refractivity contribution in [2.24, 2.45) is 7.05 Å². The smallest absolute Gasteiger partial charge is 0.320 e. The van der Waals surface area contributed by atoms with Crippen LogP contribution in [0.5, 0.6) is 0 Å². The van der Waals surface area contributed by atoms with E-state index in [0.717, 1.165) is 0 Å². The Bertz CT molecular complexity index is 652. The van der Waals surface area contributed by atoms with Gasteiger partial charge in [0.2, 0.25) is 0 Å². The zero-order valence-corrected chi connectivity index (χ0v) is 13.2. The van der Waals surface area contributed by atoms with Crippen LogP contribution in [0.15, 0.2) is 30.6 Å². The van der Waals surface area contributed by atoms with Crippen molar-refractivity contribution in [3.05, 3.63) is 40.6 Å². The zero-order chi connectivity index (χ0) is 15.6. The van der Waals surface area contributed by atoms with Gasteiger partial charge in [-0.1, -0.05) is 30.1 Å². The summed E-state index contributed by atoms with van der Waals surface area (Å²) in [6, 6.07) is 4.71. The van der Waals surface area contributed by atoms with Gasteiger partial charge in [0.15, 0.2) is 0 Å². The van der Waals surface area contributed by atoms with Crippen LogP contribution >= 0.6 is 23.2 Å². The van der Waals surface area contributed by atoms with E-state index >= 15 is 0 Å². The number of nitrogens with zero attached hydrogens (tertiary/aromatic N) is 3. The molecule has 0 saturated carbocycles. The fraction of sp³-hybridized carbons (Fsp3) is 0.286. The average molecular weight is 328 g/mol. The summed E-state index contributed by atoms with van der Waals surface area (Å²) < 4.78 is 1.10. The second-order valence-electron chi connectivity index (χ2n) is 4.77. The maximum absolute atomic E-state index is 12.0. The standard InChI is InChI=1S/C14H15Cl2N3O2/c1-3-6-19(14(20)21,13-17-4-5-18(13)2)12-8-10(15)7-11(16)9-12/h4-5,7-9H,3,6H2,1-2H3. The molecule has 0 aliphatic rings. The number of aryl methyl sites for hydroxylation is 1. The van der Waals surface area contributed by atoms with E-state index in [1.807, 2.05) is 6.92 Å². The highest BCUT2D eigenvalue weighted by molar-refractivity contribution is 6.35. The first-order chi connectivity index (χ1) is 9.91. The quantitative estimate of drug-likeness (QED) is 0.810. The van der Waals surface area contributed by atoms with Gasteiger partial charge in [0.1, 0.15) is 5.69 Å². The van der Waals surface area contributed by atoms with Gasteiger partial charge < -0.3 is 9.90 Å². The third-order valence-corrected chi connectivity index (χ3v) is 3.73. The van der Waals surface area contributed by atoms with E-state index in [9.17, 15) is 9.90 Å². The molecule has 1 heterocycles. The predicted molar refractivity (Wildman–Crippen MR) is 81.7 cm³/mol. The van der Waals surface area contributed by atoms with E-state index < -0.39 is 10.6 Å². The average Bonchev–Trinajstić information content (AvgIpc) is 2.81. The van der Waals surface area contributed by atoms with Crippen molar-refractivity contribution in [1.29, 1.82) is 0 Å². The summed E-state index contributed by atoms with van der Waals surface area (Å²) in [7, 11) is 1.74. The molecule has 1 amide bonds. The summed E-state index contributed by atoms with van der Waals surface area (Å²) in [5.41, 5.74) is 0.420. The molecule has 1 aromatic carbocycles. The lowest BCUT2D eigenvalue weighted by atomic mass is 10.2. The van der Waals surface area contributed by atoms with E-state index in [4.69, 9.17) is 23.2 Å². The van der Waals surface area contributed by atoms with Gasteiger partial charge >= 0.3 is 5.95 Å². The summed E-state index contributed by atoms with van der Waals surface area (Å²) in [6.45, 7) is 2.18. The number of benzene rings is 1. The molecule has 0 fully saturated rings. The lowest BCUT2D eigenvalue weighted by Crippen LogP contribution is -2.58. The van der Waals surface area contributed by atoms with Gasteiger partial charge in [-0.25, -0.2) is 0 Å². The van der Waals surface area contributed by atoms with E-state index in [0.29, 0.717) is 28.1 Å². The summed E-state index contributed by atoms with van der Waals surface area (Å²) in [6.07, 6.45) is 2.58. The summed E-state index contributed by atoms with van der Waals surface area (Å²) in [5.74, 6) is 0.343. The Morgan fingerprint density at radius 1 is 1.33 bits per heavy atom. The van der Waals surface area contributed by atoms with E-state index in [-0.39, 0.29) is 6.54 Å². The van der Waals surface area contributed by atoms with Crippen LogP contribution in [0, 0.1) is 0 Å². The van der Waals surface area contributed by atoms with Gasteiger partial charge in [0, 0.05) is 35.4 Å². The fourth-order valence-electron chi connectivity index (χ4n) is 2.44. The Hall–Kier alpha value is -1.56. The number of hydrogen-bond donors (Lipinski definition) is 0. The summed E-state index contributed by atoms with van der Waals surface area (Å²) in [5, 5.41) is 12.7. The summed E-state index contributed by atoms with van der Waals surface area (Å²) in [4.78, 5) is 16.2. The number of halogens is 2. The van der Waals surface area contributed by atoms with Gasteiger partial charge in [-0.05, 0) is 12.5 Å². The van der Waals surface area contributed by atoms with Crippen molar-refractivity contribution in [3.63, 3.8) is 0 Å². The highest BCUT2D eigenvalue weighted by Crippen LogP contribution is 2.36. The Morgan fingerprint density at radius 3 is 2.38 bits per heavy atom. The van der Waals surface area contributed by atoms with Gasteiger partial charge in [0.05, 0.1) is 12.7 Å². The number of carboxylic acid groups (broad SMARTS) is 1. The highest BCUT2D eigenvalue weighted by Gasteiger charge is 2.39. The molecule has 21 heavy (non-hydrogen) atoms. The monoisotopic (exact) mass is 327 g/mol. The second-order valence-corrected chi connectivity index (χ2v) is 5.64. The lowest BCUT2D eigenvalue weighted by molar-refractivity contribution is -0.261. The molecule has 0 bridgehead atoms. The minimum absolute atomic E-state index is 0.282. The first kappa shape index (κ1) is 15.8. The molecule has 0 radical (unpaired) electrons. The Morgan fingerprint density at radius 2 is 1.95 bits per heavy atom. The molecule has 112 valence electrons. The molecule has 0 saturated heterocycles. The number of aromatic nitrogens is 2. The lowest BCUT2D eigenvalue weighted by Gasteiger charge is -2.35. The van der Waals surface area contributed by atoms with Crippen molar-refractivity contribution in [3.8, 4) is 0 Å². The molecule has 2 rings (SSSR count). The van der Waals surface area contributed by atoms with Crippen molar-refractivity contribution >= 4 is 40.9 Å². The van der Waals surface area contributed by atoms with Gasteiger partial charge in [-0.15, -0.1) is 0 Å². The van der Waals surface area contributed by atoms with Crippen LogP contribution < -0.4 is 9.59 Å². The molecular weight excluding hydrogens is 313 g/mol. The maximum atomic E-state index is 12.0. The normalized spacial score (nSPS) is 13.9. The molecule has 1 unspecified atom stereocenters. The molecule has 0 aliphatic heterocycles. The molecule has 2 aromatic rings. The van der Waals surface area contributed by atoms with Crippen molar-refractivity contribution in [1.82, 2.24) is 14.0 Å². The molecule has 1 aromatic heterocycles. The number of amides is 1. The third kappa shape index (κ3) is 2.77. The Balaban J connectivity index is 2.76. The van der Waals surface area contributed by atoms with Crippen LogP contribution in [0.1, 0.15) is 13.3 Å². The zero-order valence-electron chi connectivity index (χ0n) is 11.7. The minimum atomic E-state index is -1.27. The molecular formula is C14H15Cl2N3O2. The first-order valence-corrected chi connectivity index (χ1v) is 7.21. The molecule has 0 aliphatic carbocycles. The van der Waals surface area contributed by atoms with Crippen molar-refractivity contribution in [2.45, 2.75) is 13.3 Å². The van der Waals surface area contributed by atoms with Gasteiger partial charge in [-0.2, -0.15) is 9.47 Å². The van der Waals surface area contributed by atoms with Crippen LogP contribution in [0.2, 0.25) is 10.0 Å². The predicted octanol–water partition coefficient (Wildman–Crippen LogP) is 3.12. The number of carbonyl (C=O) groups excluding carboxylic acids is 1. The van der Waals surface area contributed by atoms with Gasteiger partial charge in [0.25, 0.3) is 6.09 Å². The van der Waals surface area contributed by atoms with Crippen LogP contribution in [0.25, 0.3) is 0 Å². The minimum Gasteiger partial charge on any atom is -0.498 e. The number of rotatable bonds is 4. The van der Waals surface area contributed by atoms with E-state index in [1.54, 1.807) is 42.2 Å². The first-order valence-electron chi connectivity index (χ1n) is 6.46. The molecule has 1 atom stereocenters. The van der Waals surface area contributed by atoms with Crippen LogP contribution in [-0.2, 0) is 7.05 Å². The van der Waals surface area contributed by atoms with E-state index in [2.05, 4.69) is 4.98 Å². The number of imidazole rings is 1. The van der Waals surface area contributed by atoms with Crippen molar-refractivity contribution in [2.75, 3.05) is 6.54 Å². The SMILES string of the molecule is CCC[N+](C(=O)[O-])(c1cc(Cl)cc(Cl)c1)c1nccn1C. The number of quaternary nitrogens is 1. The van der Waals surface area contributed by atoms with Crippen LogP contribution in [0.3, 0.4) is 0 Å². The van der Waals surface area contributed by atoms with Crippen LogP contribution in [-0.4, -0.2) is 22.2 Å². The number of carbonyl (C=O) groups is 1. The topological polar surface area (TPSA) is 57.9 Å². The van der Waals surface area contributed by atoms with E-state index in [1.165, 1.54) is 0 Å². The molecule has 0 N–H and O–H groups in total. The number of hydrogen-bond acceptors (Lipinski definition) is 3. The molecule has 5 nitrogen and oxygen atoms in total. The Labute approximate surface area is 132 Å². The molecule has 7 heteroatoms.